The van der Waals surface area contributed by atoms with Crippen molar-refractivity contribution in [1.29, 1.82) is 0 Å². The van der Waals surface area contributed by atoms with Gasteiger partial charge in [0.05, 0.1) is 0 Å². The number of hydrogen-bond donors (Lipinski definition) is 0. The van der Waals surface area contributed by atoms with Gasteiger partial charge in [-0.25, -0.2) is 0 Å². The summed E-state index contributed by atoms with van der Waals surface area (Å²) in [4.78, 5) is 15.3. The van der Waals surface area contributed by atoms with Crippen molar-refractivity contribution >= 4 is 5.78 Å². The normalized spacial score (nSPS) is 36.0. The van der Waals surface area contributed by atoms with Crippen molar-refractivity contribution in [3.05, 3.63) is 35.9 Å². The lowest BCUT2D eigenvalue weighted by atomic mass is 9.70. The molecule has 0 N–H and O–H groups in total. The molecule has 2 aliphatic rings. The molecular weight excluding hydrogens is 234 g/mol. The number of Topliss-reactive ketones (excluding diaryl/α,β-unsaturated/α-hetero) is 1. The third kappa shape index (κ3) is 1.85. The Bertz CT molecular complexity index is 461. The van der Waals surface area contributed by atoms with Crippen LogP contribution in [0.15, 0.2) is 30.3 Å². The van der Waals surface area contributed by atoms with Crippen LogP contribution in [0.1, 0.15) is 51.5 Å². The van der Waals surface area contributed by atoms with E-state index in [1.165, 1.54) is 12.0 Å². The van der Waals surface area contributed by atoms with E-state index < -0.39 is 0 Å². The Balaban J connectivity index is 2.07. The van der Waals surface area contributed by atoms with Crippen LogP contribution in [-0.4, -0.2) is 22.8 Å². The minimum absolute atomic E-state index is 0.337. The standard InChI is InChI=1S/C17H23NO/c1-13-12-14(2)18(13)17(11-7-6-10-16(17)19)15-8-4-3-5-9-15/h3-5,8-9,13-14H,6-7,10-12H2,1-2H3/t13?,14?,17-/m0/s1. The minimum atomic E-state index is -0.337. The predicted octanol–water partition coefficient (Wildman–Crippen LogP) is 3.51. The summed E-state index contributed by atoms with van der Waals surface area (Å²) in [6, 6.07) is 11.5. The molecule has 0 aromatic heterocycles. The number of rotatable bonds is 2. The van der Waals surface area contributed by atoms with Crippen molar-refractivity contribution in [3.8, 4) is 0 Å². The van der Waals surface area contributed by atoms with Crippen LogP contribution in [0.5, 0.6) is 0 Å². The number of carbonyl (C=O) groups is 1. The first-order chi connectivity index (χ1) is 9.16. The van der Waals surface area contributed by atoms with Crippen LogP contribution < -0.4 is 0 Å². The average molecular weight is 257 g/mol. The van der Waals surface area contributed by atoms with Gasteiger partial charge in [-0.2, -0.15) is 0 Å². The third-order valence-electron chi connectivity index (χ3n) is 4.98. The molecule has 1 aliphatic carbocycles. The van der Waals surface area contributed by atoms with Crippen LogP contribution in [0.25, 0.3) is 0 Å². The zero-order valence-corrected chi connectivity index (χ0v) is 11.9. The number of ketones is 1. The lowest BCUT2D eigenvalue weighted by Gasteiger charge is -2.57. The van der Waals surface area contributed by atoms with E-state index in [-0.39, 0.29) is 5.54 Å². The van der Waals surface area contributed by atoms with E-state index in [9.17, 15) is 4.79 Å². The first kappa shape index (κ1) is 12.9. The molecular formula is C17H23NO. The highest BCUT2D eigenvalue weighted by Gasteiger charge is 2.53. The highest BCUT2D eigenvalue weighted by molar-refractivity contribution is 5.90. The molecule has 1 heterocycles. The van der Waals surface area contributed by atoms with Gasteiger partial charge in [0.25, 0.3) is 0 Å². The van der Waals surface area contributed by atoms with Crippen LogP contribution in [0.4, 0.5) is 0 Å². The van der Waals surface area contributed by atoms with Crippen molar-refractivity contribution in [2.75, 3.05) is 0 Å². The zero-order valence-electron chi connectivity index (χ0n) is 11.9. The van der Waals surface area contributed by atoms with E-state index >= 15 is 0 Å². The monoisotopic (exact) mass is 257 g/mol. The summed E-state index contributed by atoms with van der Waals surface area (Å²) in [6.07, 6.45) is 5.16. The van der Waals surface area contributed by atoms with Crippen molar-refractivity contribution in [2.45, 2.75) is 63.6 Å². The molecule has 2 fully saturated rings. The fourth-order valence-corrected chi connectivity index (χ4v) is 4.22. The van der Waals surface area contributed by atoms with Crippen LogP contribution in [0, 0.1) is 0 Å². The fraction of sp³-hybridized carbons (Fsp3) is 0.588. The zero-order chi connectivity index (χ0) is 13.5. The SMILES string of the molecule is CC1CC(C)N1[C@]1(c2ccccc2)CCCCC1=O. The number of nitrogens with zero attached hydrogens (tertiary/aromatic N) is 1. The molecule has 1 aromatic rings. The summed E-state index contributed by atoms with van der Waals surface area (Å²) in [5, 5.41) is 0. The Morgan fingerprint density at radius 1 is 1.11 bits per heavy atom. The van der Waals surface area contributed by atoms with Crippen LogP contribution in [0.3, 0.4) is 0 Å². The van der Waals surface area contributed by atoms with Gasteiger partial charge in [-0.15, -0.1) is 0 Å². The molecule has 0 bridgehead atoms. The maximum absolute atomic E-state index is 12.8. The molecule has 1 aromatic carbocycles. The first-order valence-electron chi connectivity index (χ1n) is 7.53. The highest BCUT2D eigenvalue weighted by atomic mass is 16.1. The molecule has 102 valence electrons. The maximum Gasteiger partial charge on any atom is 0.157 e. The van der Waals surface area contributed by atoms with E-state index in [4.69, 9.17) is 0 Å². The Hall–Kier alpha value is -1.15. The molecule has 2 heteroatoms. The minimum Gasteiger partial charge on any atom is -0.297 e. The molecule has 0 amide bonds. The van der Waals surface area contributed by atoms with E-state index in [1.807, 2.05) is 6.07 Å². The summed E-state index contributed by atoms with van der Waals surface area (Å²) in [5.74, 6) is 0.434. The molecule has 1 saturated carbocycles. The highest BCUT2D eigenvalue weighted by Crippen LogP contribution is 2.46. The van der Waals surface area contributed by atoms with Gasteiger partial charge in [0.1, 0.15) is 5.54 Å². The predicted molar refractivity (Wildman–Crippen MR) is 77.0 cm³/mol. The maximum atomic E-state index is 12.8. The molecule has 3 atom stereocenters. The van der Waals surface area contributed by atoms with Crippen molar-refractivity contribution in [1.82, 2.24) is 4.90 Å². The molecule has 2 nitrogen and oxygen atoms in total. The van der Waals surface area contributed by atoms with Gasteiger partial charge in [-0.05, 0) is 38.7 Å². The Labute approximate surface area is 115 Å². The molecule has 1 aliphatic heterocycles. The van der Waals surface area contributed by atoms with Crippen LogP contribution in [-0.2, 0) is 10.3 Å². The number of benzene rings is 1. The van der Waals surface area contributed by atoms with Gasteiger partial charge in [0, 0.05) is 18.5 Å². The summed E-state index contributed by atoms with van der Waals surface area (Å²) < 4.78 is 0. The Morgan fingerprint density at radius 2 is 1.79 bits per heavy atom. The molecule has 0 spiro atoms. The fourth-order valence-electron chi connectivity index (χ4n) is 4.22. The third-order valence-corrected chi connectivity index (χ3v) is 4.98. The first-order valence-corrected chi connectivity index (χ1v) is 7.53. The van der Waals surface area contributed by atoms with E-state index in [1.54, 1.807) is 0 Å². The molecule has 3 rings (SSSR count). The summed E-state index contributed by atoms with van der Waals surface area (Å²) in [6.45, 7) is 4.51. The molecule has 1 saturated heterocycles. The van der Waals surface area contributed by atoms with Crippen molar-refractivity contribution in [3.63, 3.8) is 0 Å². The number of likely N-dealkylation sites (tertiary alicyclic amines) is 1. The number of carbonyl (C=O) groups excluding carboxylic acids is 1. The van der Waals surface area contributed by atoms with Gasteiger partial charge in [0.15, 0.2) is 5.78 Å². The Morgan fingerprint density at radius 3 is 2.37 bits per heavy atom. The van der Waals surface area contributed by atoms with Crippen molar-refractivity contribution < 1.29 is 4.79 Å². The molecule has 0 radical (unpaired) electrons. The smallest absolute Gasteiger partial charge is 0.157 e. The lowest BCUT2D eigenvalue weighted by Crippen LogP contribution is -2.66. The largest absolute Gasteiger partial charge is 0.297 e. The second-order valence-electron chi connectivity index (χ2n) is 6.20. The summed E-state index contributed by atoms with van der Waals surface area (Å²) >= 11 is 0. The van der Waals surface area contributed by atoms with E-state index in [2.05, 4.69) is 43.0 Å². The topological polar surface area (TPSA) is 20.3 Å². The van der Waals surface area contributed by atoms with E-state index in [0.717, 1.165) is 25.7 Å². The van der Waals surface area contributed by atoms with Gasteiger partial charge < -0.3 is 0 Å². The number of hydrogen-bond acceptors (Lipinski definition) is 2. The second kappa shape index (κ2) is 4.75. The summed E-state index contributed by atoms with van der Waals surface area (Å²) in [5.41, 5.74) is 0.870. The summed E-state index contributed by atoms with van der Waals surface area (Å²) in [7, 11) is 0. The van der Waals surface area contributed by atoms with Crippen LogP contribution >= 0.6 is 0 Å². The lowest BCUT2D eigenvalue weighted by molar-refractivity contribution is -0.149. The molecule has 19 heavy (non-hydrogen) atoms. The van der Waals surface area contributed by atoms with E-state index in [0.29, 0.717) is 17.9 Å². The van der Waals surface area contributed by atoms with Gasteiger partial charge in [0.2, 0.25) is 0 Å². The molecule has 2 unspecified atom stereocenters. The quantitative estimate of drug-likeness (QED) is 0.808. The van der Waals surface area contributed by atoms with Gasteiger partial charge in [-0.1, -0.05) is 36.8 Å². The van der Waals surface area contributed by atoms with Gasteiger partial charge >= 0.3 is 0 Å². The second-order valence-corrected chi connectivity index (χ2v) is 6.20. The van der Waals surface area contributed by atoms with Crippen molar-refractivity contribution in [2.24, 2.45) is 0 Å². The average Bonchev–Trinajstić information content (AvgIpc) is 2.42. The van der Waals surface area contributed by atoms with Crippen LogP contribution in [0.2, 0.25) is 0 Å². The Kier molecular flexibility index (Phi) is 3.22. The van der Waals surface area contributed by atoms with Gasteiger partial charge in [-0.3, -0.25) is 9.69 Å².